The lowest BCUT2D eigenvalue weighted by Crippen LogP contribution is -2.23. The molecule has 1 aliphatic heterocycles. The number of aromatic nitrogens is 1. The van der Waals surface area contributed by atoms with E-state index in [1.165, 1.54) is 18.5 Å². The third-order valence-corrected chi connectivity index (χ3v) is 5.23. The summed E-state index contributed by atoms with van der Waals surface area (Å²) in [5, 5.41) is 8.34. The highest BCUT2D eigenvalue weighted by atomic mass is 32.2. The van der Waals surface area contributed by atoms with Gasteiger partial charge in [-0.25, -0.2) is 13.2 Å². The molecule has 0 radical (unpaired) electrons. The molecular weight excluding hydrogens is 242 g/mol. The number of nitrogens with zero attached hydrogens (tertiary/aromatic N) is 1. The average Bonchev–Trinajstić information content (AvgIpc) is 2.28. The van der Waals surface area contributed by atoms with Crippen molar-refractivity contribution in [3.8, 4) is 0 Å². The summed E-state index contributed by atoms with van der Waals surface area (Å²) in [7, 11) is -3.22. The molecule has 1 saturated heterocycles. The van der Waals surface area contributed by atoms with Gasteiger partial charge < -0.3 is 5.11 Å². The second-order valence-electron chi connectivity index (χ2n) is 4.12. The van der Waals surface area contributed by atoms with Gasteiger partial charge in [-0.1, -0.05) is 6.42 Å². The van der Waals surface area contributed by atoms with E-state index in [-0.39, 0.29) is 11.3 Å². The molecule has 6 heteroatoms. The lowest BCUT2D eigenvalue weighted by molar-refractivity contribution is 0.0695. The van der Waals surface area contributed by atoms with Gasteiger partial charge in [-0.3, -0.25) is 4.98 Å². The first-order valence-corrected chi connectivity index (χ1v) is 7.12. The molecule has 17 heavy (non-hydrogen) atoms. The van der Waals surface area contributed by atoms with Crippen LogP contribution in [0, 0.1) is 0 Å². The number of carbonyl (C=O) groups is 1. The van der Waals surface area contributed by atoms with Gasteiger partial charge in [-0.15, -0.1) is 0 Å². The predicted octanol–water partition coefficient (Wildman–Crippen LogP) is 1.42. The molecule has 1 aromatic rings. The molecule has 5 nitrogen and oxygen atoms in total. The predicted molar refractivity (Wildman–Crippen MR) is 61.6 cm³/mol. The van der Waals surface area contributed by atoms with Crippen molar-refractivity contribution in [2.24, 2.45) is 0 Å². The van der Waals surface area contributed by atoms with E-state index in [9.17, 15) is 13.2 Å². The van der Waals surface area contributed by atoms with Crippen LogP contribution in [0.3, 0.4) is 0 Å². The van der Waals surface area contributed by atoms with Crippen molar-refractivity contribution in [1.29, 1.82) is 0 Å². The van der Waals surface area contributed by atoms with Crippen LogP contribution in [0.1, 0.15) is 40.4 Å². The first kappa shape index (κ1) is 12.0. The molecule has 0 amide bonds. The van der Waals surface area contributed by atoms with E-state index in [1.807, 2.05) is 0 Å². The summed E-state index contributed by atoms with van der Waals surface area (Å²) in [5.74, 6) is -0.993. The van der Waals surface area contributed by atoms with Crippen LogP contribution >= 0.6 is 0 Å². The van der Waals surface area contributed by atoms with Crippen molar-refractivity contribution in [2.45, 2.75) is 24.5 Å². The summed E-state index contributed by atoms with van der Waals surface area (Å²) in [5.41, 5.74) is 0.357. The largest absolute Gasteiger partial charge is 0.478 e. The summed E-state index contributed by atoms with van der Waals surface area (Å²) in [6, 6.07) is 1.50. The van der Waals surface area contributed by atoms with Crippen LogP contribution in [0.2, 0.25) is 0 Å². The van der Waals surface area contributed by atoms with Crippen LogP contribution in [0.15, 0.2) is 18.5 Å². The van der Waals surface area contributed by atoms with Crippen LogP contribution in [0.5, 0.6) is 0 Å². The average molecular weight is 255 g/mol. The van der Waals surface area contributed by atoms with Crippen molar-refractivity contribution in [3.05, 3.63) is 29.6 Å². The molecule has 0 aliphatic carbocycles. The summed E-state index contributed by atoms with van der Waals surface area (Å²) in [6.07, 6.45) is 4.61. The Morgan fingerprint density at radius 1 is 1.41 bits per heavy atom. The van der Waals surface area contributed by atoms with Crippen molar-refractivity contribution in [1.82, 2.24) is 4.98 Å². The van der Waals surface area contributed by atoms with E-state index in [0.717, 1.165) is 6.42 Å². The number of carboxylic acid groups (broad SMARTS) is 1. The minimum atomic E-state index is -3.22. The monoisotopic (exact) mass is 255 g/mol. The Morgan fingerprint density at radius 3 is 2.82 bits per heavy atom. The molecular formula is C11H13NO4S. The molecule has 1 aromatic heterocycles. The molecule has 0 bridgehead atoms. The summed E-state index contributed by atoms with van der Waals surface area (Å²) in [6.45, 7) is 0. The highest BCUT2D eigenvalue weighted by molar-refractivity contribution is 7.91. The molecule has 0 saturated carbocycles. The third kappa shape index (κ3) is 2.31. The fraction of sp³-hybridized carbons (Fsp3) is 0.455. The number of carboxylic acids is 1. The smallest absolute Gasteiger partial charge is 0.337 e. The van der Waals surface area contributed by atoms with Crippen molar-refractivity contribution < 1.29 is 18.3 Å². The van der Waals surface area contributed by atoms with E-state index in [1.54, 1.807) is 0 Å². The van der Waals surface area contributed by atoms with Crippen LogP contribution < -0.4 is 0 Å². The third-order valence-electron chi connectivity index (χ3n) is 3.01. The summed E-state index contributed by atoms with van der Waals surface area (Å²) in [4.78, 5) is 14.8. The second-order valence-corrected chi connectivity index (χ2v) is 6.42. The first-order chi connectivity index (χ1) is 8.02. The van der Waals surface area contributed by atoms with Gasteiger partial charge in [0.15, 0.2) is 9.84 Å². The molecule has 1 N–H and O–H groups in total. The van der Waals surface area contributed by atoms with E-state index >= 15 is 0 Å². The number of rotatable bonds is 2. The van der Waals surface area contributed by atoms with E-state index in [2.05, 4.69) is 4.98 Å². The van der Waals surface area contributed by atoms with Gasteiger partial charge in [-0.2, -0.15) is 0 Å². The molecule has 0 aromatic carbocycles. The zero-order valence-corrected chi connectivity index (χ0v) is 9.98. The van der Waals surface area contributed by atoms with Gasteiger partial charge in [0, 0.05) is 12.4 Å². The van der Waals surface area contributed by atoms with Crippen molar-refractivity contribution in [2.75, 3.05) is 5.75 Å². The van der Waals surface area contributed by atoms with Gasteiger partial charge >= 0.3 is 5.97 Å². The molecule has 1 unspecified atom stereocenters. The van der Waals surface area contributed by atoms with Crippen LogP contribution in [0.4, 0.5) is 0 Å². The second kappa shape index (κ2) is 4.44. The molecule has 1 fully saturated rings. The van der Waals surface area contributed by atoms with Gasteiger partial charge in [0.25, 0.3) is 0 Å². The summed E-state index contributed by atoms with van der Waals surface area (Å²) < 4.78 is 23.9. The summed E-state index contributed by atoms with van der Waals surface area (Å²) >= 11 is 0. The molecule has 1 aliphatic rings. The Labute approximate surface area is 99.4 Å². The molecule has 92 valence electrons. The zero-order chi connectivity index (χ0) is 12.5. The number of hydrogen-bond acceptors (Lipinski definition) is 4. The minimum Gasteiger partial charge on any atom is -0.478 e. The number of sulfone groups is 1. The van der Waals surface area contributed by atoms with Crippen LogP contribution in [-0.4, -0.2) is 30.2 Å². The van der Waals surface area contributed by atoms with E-state index in [4.69, 9.17) is 5.11 Å². The number of hydrogen-bond donors (Lipinski definition) is 1. The highest BCUT2D eigenvalue weighted by Crippen LogP contribution is 2.34. The standard InChI is InChI=1S/C11H13NO4S/c13-11(14)9-7-12-5-4-8(9)10-3-1-2-6-17(10,15)16/h4-5,7,10H,1-3,6H2,(H,13,14). The molecule has 1 atom stereocenters. The lowest BCUT2D eigenvalue weighted by Gasteiger charge is -2.23. The van der Waals surface area contributed by atoms with Gasteiger partial charge in [0.2, 0.25) is 0 Å². The van der Waals surface area contributed by atoms with E-state index in [0.29, 0.717) is 18.4 Å². The molecule has 2 heterocycles. The maximum absolute atomic E-state index is 11.9. The van der Waals surface area contributed by atoms with Crippen LogP contribution in [0.25, 0.3) is 0 Å². The maximum Gasteiger partial charge on any atom is 0.337 e. The normalized spacial score (nSPS) is 23.2. The Morgan fingerprint density at radius 2 is 2.18 bits per heavy atom. The Balaban J connectivity index is 2.49. The highest BCUT2D eigenvalue weighted by Gasteiger charge is 2.32. The Bertz CT molecular complexity index is 538. The quantitative estimate of drug-likeness (QED) is 0.863. The maximum atomic E-state index is 11.9. The topological polar surface area (TPSA) is 84.3 Å². The Hall–Kier alpha value is -1.43. The SMILES string of the molecule is O=C(O)c1cnccc1C1CCCCS1(=O)=O. The van der Waals surface area contributed by atoms with Gasteiger partial charge in [-0.05, 0) is 24.5 Å². The molecule has 0 spiro atoms. The number of aromatic carboxylic acids is 1. The van der Waals surface area contributed by atoms with Gasteiger partial charge in [0.1, 0.15) is 0 Å². The lowest BCUT2D eigenvalue weighted by atomic mass is 10.0. The minimum absolute atomic E-state index is 0.0111. The zero-order valence-electron chi connectivity index (χ0n) is 9.17. The Kier molecular flexibility index (Phi) is 3.15. The number of pyridine rings is 1. The van der Waals surface area contributed by atoms with Crippen molar-refractivity contribution in [3.63, 3.8) is 0 Å². The van der Waals surface area contributed by atoms with Gasteiger partial charge in [0.05, 0.1) is 16.6 Å². The van der Waals surface area contributed by atoms with Crippen LogP contribution in [-0.2, 0) is 9.84 Å². The van der Waals surface area contributed by atoms with Crippen molar-refractivity contribution >= 4 is 15.8 Å². The van der Waals surface area contributed by atoms with E-state index < -0.39 is 21.1 Å². The fourth-order valence-corrected chi connectivity index (χ4v) is 4.18. The fourth-order valence-electron chi connectivity index (χ4n) is 2.17. The molecule has 2 rings (SSSR count). The first-order valence-electron chi connectivity index (χ1n) is 5.41.